The Balaban J connectivity index is 2.11. The maximum atomic E-state index is 12.1. The van der Waals surface area contributed by atoms with Crippen LogP contribution in [0.3, 0.4) is 0 Å². The van der Waals surface area contributed by atoms with Crippen LogP contribution in [0, 0.1) is 24.2 Å². The second-order valence-corrected chi connectivity index (χ2v) is 5.40. The third-order valence-corrected chi connectivity index (χ3v) is 3.63. The van der Waals surface area contributed by atoms with Crippen molar-refractivity contribution in [1.82, 2.24) is 9.78 Å². The van der Waals surface area contributed by atoms with Gasteiger partial charge < -0.3 is 10.4 Å². The van der Waals surface area contributed by atoms with Gasteiger partial charge in [0.15, 0.2) is 0 Å². The second kappa shape index (κ2) is 3.83. The van der Waals surface area contributed by atoms with Crippen LogP contribution < -0.4 is 5.32 Å². The molecule has 6 nitrogen and oxygen atoms in total. The Morgan fingerprint density at radius 3 is 2.44 bits per heavy atom. The summed E-state index contributed by atoms with van der Waals surface area (Å²) < 4.78 is 1.57. The van der Waals surface area contributed by atoms with Gasteiger partial charge in [0.25, 0.3) is 0 Å². The number of nitrogens with one attached hydrogen (secondary N) is 1. The number of amides is 1. The summed E-state index contributed by atoms with van der Waals surface area (Å²) in [5.41, 5.74) is 0.321. The third kappa shape index (κ3) is 1.87. The van der Waals surface area contributed by atoms with Crippen LogP contribution in [0.1, 0.15) is 19.5 Å². The molecule has 6 heteroatoms. The average molecular weight is 251 g/mol. The van der Waals surface area contributed by atoms with E-state index in [4.69, 9.17) is 5.11 Å². The Bertz CT molecular complexity index is 519. The van der Waals surface area contributed by atoms with Crippen LogP contribution in [0.5, 0.6) is 0 Å². The molecule has 1 amide bonds. The highest BCUT2D eigenvalue weighted by atomic mass is 16.4. The number of carboxylic acid groups (broad SMARTS) is 1. The predicted octanol–water partition coefficient (Wildman–Crippen LogP) is 1.02. The number of hydrogen-bond acceptors (Lipinski definition) is 3. The van der Waals surface area contributed by atoms with Crippen LogP contribution in [-0.4, -0.2) is 26.8 Å². The molecule has 98 valence electrons. The largest absolute Gasteiger partial charge is 0.481 e. The van der Waals surface area contributed by atoms with Crippen molar-refractivity contribution in [1.29, 1.82) is 0 Å². The fourth-order valence-corrected chi connectivity index (χ4v) is 2.52. The van der Waals surface area contributed by atoms with Crippen molar-refractivity contribution >= 4 is 17.7 Å². The van der Waals surface area contributed by atoms with Crippen molar-refractivity contribution in [3.05, 3.63) is 11.8 Å². The van der Waals surface area contributed by atoms with Crippen molar-refractivity contribution in [3.63, 3.8) is 0 Å². The standard InChI is InChI=1S/C12H17N3O3/c1-6-5-7(15(4)14-6)13-10(16)8-9(11(17)18)12(8,2)3/h5,8-9H,1-4H3,(H,13,16)(H,17,18). The molecule has 0 spiro atoms. The number of anilines is 1. The van der Waals surface area contributed by atoms with E-state index in [9.17, 15) is 9.59 Å². The molecule has 0 aliphatic heterocycles. The van der Waals surface area contributed by atoms with E-state index in [0.717, 1.165) is 5.69 Å². The Kier molecular flexibility index (Phi) is 2.68. The van der Waals surface area contributed by atoms with Gasteiger partial charge >= 0.3 is 5.97 Å². The zero-order chi connectivity index (χ0) is 13.7. The van der Waals surface area contributed by atoms with Gasteiger partial charge in [0, 0.05) is 13.1 Å². The van der Waals surface area contributed by atoms with E-state index in [1.807, 2.05) is 6.92 Å². The van der Waals surface area contributed by atoms with Crippen LogP contribution in [0.25, 0.3) is 0 Å². The minimum absolute atomic E-state index is 0.254. The molecule has 1 aliphatic rings. The average Bonchev–Trinajstić information content (AvgIpc) is 2.66. The first-order valence-electron chi connectivity index (χ1n) is 5.79. The van der Waals surface area contributed by atoms with Crippen LogP contribution >= 0.6 is 0 Å². The normalized spacial score (nSPS) is 24.7. The minimum Gasteiger partial charge on any atom is -0.481 e. The molecule has 1 fully saturated rings. The van der Waals surface area contributed by atoms with E-state index in [1.165, 1.54) is 0 Å². The molecule has 1 aliphatic carbocycles. The van der Waals surface area contributed by atoms with E-state index < -0.39 is 23.2 Å². The van der Waals surface area contributed by atoms with Crippen molar-refractivity contribution in [2.24, 2.45) is 24.3 Å². The maximum absolute atomic E-state index is 12.1. The van der Waals surface area contributed by atoms with Gasteiger partial charge in [-0.2, -0.15) is 5.10 Å². The monoisotopic (exact) mass is 251 g/mol. The molecule has 1 aromatic heterocycles. The highest BCUT2D eigenvalue weighted by molar-refractivity contribution is 5.99. The molecule has 0 aromatic carbocycles. The molecule has 1 aromatic rings. The number of aryl methyl sites for hydroxylation is 2. The lowest BCUT2D eigenvalue weighted by Crippen LogP contribution is -2.19. The van der Waals surface area contributed by atoms with Gasteiger partial charge in [0.05, 0.1) is 17.5 Å². The first-order chi connectivity index (χ1) is 8.25. The molecule has 0 bridgehead atoms. The van der Waals surface area contributed by atoms with E-state index in [1.54, 1.807) is 31.6 Å². The SMILES string of the molecule is Cc1cc(NC(=O)C2C(C(=O)O)C2(C)C)n(C)n1. The number of rotatable bonds is 3. The van der Waals surface area contributed by atoms with E-state index >= 15 is 0 Å². The first kappa shape index (κ1) is 12.6. The summed E-state index contributed by atoms with van der Waals surface area (Å²) in [6.07, 6.45) is 0. The van der Waals surface area contributed by atoms with Crippen LogP contribution in [-0.2, 0) is 16.6 Å². The van der Waals surface area contributed by atoms with Crippen molar-refractivity contribution < 1.29 is 14.7 Å². The molecular weight excluding hydrogens is 234 g/mol. The Hall–Kier alpha value is -1.85. The molecule has 2 N–H and O–H groups in total. The zero-order valence-corrected chi connectivity index (χ0v) is 10.9. The topological polar surface area (TPSA) is 84.2 Å². The van der Waals surface area contributed by atoms with Gasteiger partial charge in [-0.25, -0.2) is 0 Å². The molecule has 0 radical (unpaired) electrons. The number of carboxylic acids is 1. The van der Waals surface area contributed by atoms with Gasteiger partial charge in [-0.05, 0) is 12.3 Å². The number of aliphatic carboxylic acids is 1. The molecule has 18 heavy (non-hydrogen) atoms. The summed E-state index contributed by atoms with van der Waals surface area (Å²) in [7, 11) is 1.73. The minimum atomic E-state index is -0.915. The summed E-state index contributed by atoms with van der Waals surface area (Å²) in [5, 5.41) is 15.9. The molecule has 1 heterocycles. The Labute approximate surface area is 105 Å². The van der Waals surface area contributed by atoms with E-state index in [0.29, 0.717) is 5.82 Å². The quantitative estimate of drug-likeness (QED) is 0.840. The maximum Gasteiger partial charge on any atom is 0.307 e. The van der Waals surface area contributed by atoms with Crippen LogP contribution in [0.2, 0.25) is 0 Å². The highest BCUT2D eigenvalue weighted by Crippen LogP contribution is 2.58. The first-order valence-corrected chi connectivity index (χ1v) is 5.79. The fraction of sp³-hybridized carbons (Fsp3) is 0.583. The third-order valence-electron chi connectivity index (χ3n) is 3.63. The number of hydrogen-bond donors (Lipinski definition) is 2. The second-order valence-electron chi connectivity index (χ2n) is 5.40. The lowest BCUT2D eigenvalue weighted by Gasteiger charge is -2.05. The van der Waals surface area contributed by atoms with Crippen LogP contribution in [0.4, 0.5) is 5.82 Å². The van der Waals surface area contributed by atoms with Gasteiger partial charge in [0.2, 0.25) is 5.91 Å². The van der Waals surface area contributed by atoms with Gasteiger partial charge in [-0.15, -0.1) is 0 Å². The summed E-state index contributed by atoms with van der Waals surface area (Å²) in [6.45, 7) is 5.42. The Morgan fingerprint density at radius 2 is 2.06 bits per heavy atom. The van der Waals surface area contributed by atoms with Crippen molar-refractivity contribution in [2.75, 3.05) is 5.32 Å². The summed E-state index contributed by atoms with van der Waals surface area (Å²) >= 11 is 0. The summed E-state index contributed by atoms with van der Waals surface area (Å²) in [5.74, 6) is -1.67. The highest BCUT2D eigenvalue weighted by Gasteiger charge is 2.65. The van der Waals surface area contributed by atoms with Gasteiger partial charge in [-0.3, -0.25) is 14.3 Å². The summed E-state index contributed by atoms with van der Waals surface area (Å²) in [6, 6.07) is 1.75. The number of carbonyl (C=O) groups excluding carboxylic acids is 1. The number of nitrogens with zero attached hydrogens (tertiary/aromatic N) is 2. The lowest BCUT2D eigenvalue weighted by atomic mass is 10.1. The lowest BCUT2D eigenvalue weighted by molar-refractivity contribution is -0.140. The smallest absolute Gasteiger partial charge is 0.307 e. The van der Waals surface area contributed by atoms with E-state index in [2.05, 4.69) is 10.4 Å². The van der Waals surface area contributed by atoms with Crippen molar-refractivity contribution in [2.45, 2.75) is 20.8 Å². The van der Waals surface area contributed by atoms with Crippen molar-refractivity contribution in [3.8, 4) is 0 Å². The molecule has 0 saturated heterocycles. The fourth-order valence-electron chi connectivity index (χ4n) is 2.52. The van der Waals surface area contributed by atoms with Gasteiger partial charge in [-0.1, -0.05) is 13.8 Å². The number of carbonyl (C=O) groups is 2. The molecule has 2 atom stereocenters. The zero-order valence-electron chi connectivity index (χ0n) is 10.9. The van der Waals surface area contributed by atoms with Crippen LogP contribution in [0.15, 0.2) is 6.07 Å². The summed E-state index contributed by atoms with van der Waals surface area (Å²) in [4.78, 5) is 23.1. The molecular formula is C12H17N3O3. The molecule has 1 saturated carbocycles. The number of aromatic nitrogens is 2. The predicted molar refractivity (Wildman–Crippen MR) is 65.0 cm³/mol. The van der Waals surface area contributed by atoms with E-state index in [-0.39, 0.29) is 5.91 Å². The Morgan fingerprint density at radius 1 is 1.44 bits per heavy atom. The molecule has 2 rings (SSSR count). The van der Waals surface area contributed by atoms with Gasteiger partial charge in [0.1, 0.15) is 5.82 Å². The molecule has 2 unspecified atom stereocenters.